The lowest BCUT2D eigenvalue weighted by Crippen LogP contribution is -2.28. The summed E-state index contributed by atoms with van der Waals surface area (Å²) in [5.74, 6) is -0.578. The van der Waals surface area contributed by atoms with Crippen molar-refractivity contribution in [3.05, 3.63) is 30.3 Å². The Kier molecular flexibility index (Phi) is 5.66. The van der Waals surface area contributed by atoms with E-state index in [4.69, 9.17) is 23.2 Å². The lowest BCUT2D eigenvalue weighted by molar-refractivity contribution is -0.115. The van der Waals surface area contributed by atoms with Crippen molar-refractivity contribution in [1.82, 2.24) is 0 Å². The van der Waals surface area contributed by atoms with Crippen LogP contribution in [0, 0.1) is 0 Å². The number of amides is 1. The van der Waals surface area contributed by atoms with Crippen LogP contribution >= 0.6 is 44.8 Å². The van der Waals surface area contributed by atoms with Gasteiger partial charge in [-0.3, -0.25) is 9.59 Å². The number of alkyl halides is 2. The summed E-state index contributed by atoms with van der Waals surface area (Å²) in [7, 11) is 1.63. The van der Waals surface area contributed by atoms with Crippen LogP contribution in [0.4, 0.5) is 5.69 Å². The monoisotopic (exact) mass is 309 g/mol. The number of benzene rings is 1. The molecule has 0 radical (unpaired) electrons. The molecule has 0 aromatic heterocycles. The van der Waals surface area contributed by atoms with Crippen molar-refractivity contribution in [1.29, 1.82) is 0 Å². The predicted molar refractivity (Wildman–Crippen MR) is 75.4 cm³/mol. The first-order chi connectivity index (χ1) is 7.92. The van der Waals surface area contributed by atoms with Crippen molar-refractivity contribution < 1.29 is 9.59 Å². The Morgan fingerprint density at radius 1 is 1.24 bits per heavy atom. The van der Waals surface area contributed by atoms with E-state index >= 15 is 0 Å². The maximum atomic E-state index is 11.7. The first-order valence-corrected chi connectivity index (χ1v) is 7.43. The van der Waals surface area contributed by atoms with Gasteiger partial charge in [0.25, 0.3) is 9.57 Å². The Morgan fingerprint density at radius 3 is 2.35 bits per heavy atom. The van der Waals surface area contributed by atoms with E-state index in [-0.39, 0.29) is 5.12 Å². The van der Waals surface area contributed by atoms with E-state index in [9.17, 15) is 9.59 Å². The SMILES string of the molecule is CC(=O)SSC(Cl)(Cl)C(=O)Nc1ccccc1. The topological polar surface area (TPSA) is 46.2 Å². The number of carbonyl (C=O) groups excluding carboxylic acids is 2. The van der Waals surface area contributed by atoms with E-state index in [1.54, 1.807) is 24.3 Å². The minimum atomic E-state index is -1.70. The summed E-state index contributed by atoms with van der Waals surface area (Å²) in [6, 6.07) is 8.80. The number of carbonyl (C=O) groups is 2. The van der Waals surface area contributed by atoms with Gasteiger partial charge in [-0.1, -0.05) is 41.4 Å². The third-order valence-electron chi connectivity index (χ3n) is 1.56. The van der Waals surface area contributed by atoms with Gasteiger partial charge in [0.1, 0.15) is 0 Å². The molecule has 1 rings (SSSR count). The van der Waals surface area contributed by atoms with Crippen molar-refractivity contribution in [2.45, 2.75) is 10.6 Å². The minimum absolute atomic E-state index is 0.173. The molecule has 17 heavy (non-hydrogen) atoms. The number of anilines is 1. The molecule has 0 fully saturated rings. The Bertz CT molecular complexity index is 412. The Morgan fingerprint density at radius 2 is 1.82 bits per heavy atom. The van der Waals surface area contributed by atoms with Crippen molar-refractivity contribution in [3.63, 3.8) is 0 Å². The molecule has 0 aliphatic carbocycles. The largest absolute Gasteiger partial charge is 0.323 e. The van der Waals surface area contributed by atoms with Gasteiger partial charge in [-0.15, -0.1) is 0 Å². The normalized spacial score (nSPS) is 11.0. The van der Waals surface area contributed by atoms with Gasteiger partial charge >= 0.3 is 0 Å². The molecule has 3 nitrogen and oxygen atoms in total. The van der Waals surface area contributed by atoms with Gasteiger partial charge in [-0.05, 0) is 33.7 Å². The summed E-state index contributed by atoms with van der Waals surface area (Å²) in [6.07, 6.45) is 0. The van der Waals surface area contributed by atoms with Gasteiger partial charge in [-0.2, -0.15) is 0 Å². The Labute approximate surface area is 117 Å². The number of halogens is 2. The van der Waals surface area contributed by atoms with Crippen LogP contribution in [0.5, 0.6) is 0 Å². The molecule has 0 heterocycles. The summed E-state index contributed by atoms with van der Waals surface area (Å²) in [6.45, 7) is 1.37. The van der Waals surface area contributed by atoms with Crippen LogP contribution < -0.4 is 5.32 Å². The molecule has 0 aliphatic rings. The first-order valence-electron chi connectivity index (χ1n) is 4.52. The molecule has 1 amide bonds. The third-order valence-corrected chi connectivity index (χ3v) is 5.33. The van der Waals surface area contributed by atoms with Crippen LogP contribution in [0.15, 0.2) is 30.3 Å². The van der Waals surface area contributed by atoms with Crippen molar-refractivity contribution >= 4 is 61.5 Å². The van der Waals surface area contributed by atoms with Gasteiger partial charge in [0.15, 0.2) is 5.12 Å². The van der Waals surface area contributed by atoms with Crippen LogP contribution in [0.25, 0.3) is 0 Å². The molecule has 1 N–H and O–H groups in total. The van der Waals surface area contributed by atoms with Crippen LogP contribution in [-0.4, -0.2) is 14.7 Å². The molecular formula is C10H9Cl2NO2S2. The molecule has 0 atom stereocenters. The smallest absolute Gasteiger partial charge is 0.272 e. The van der Waals surface area contributed by atoms with Crippen LogP contribution in [0.2, 0.25) is 0 Å². The van der Waals surface area contributed by atoms with E-state index in [0.717, 1.165) is 21.6 Å². The second-order valence-corrected chi connectivity index (χ2v) is 7.29. The molecular weight excluding hydrogens is 301 g/mol. The number of rotatable bonds is 4. The Balaban J connectivity index is 2.60. The molecule has 0 spiro atoms. The molecule has 1 aromatic carbocycles. The van der Waals surface area contributed by atoms with Gasteiger partial charge in [0, 0.05) is 12.6 Å². The molecule has 0 unspecified atom stereocenters. The lowest BCUT2D eigenvalue weighted by atomic mass is 10.3. The average Bonchev–Trinajstić information content (AvgIpc) is 2.28. The highest BCUT2D eigenvalue weighted by Crippen LogP contribution is 2.43. The lowest BCUT2D eigenvalue weighted by Gasteiger charge is -2.16. The van der Waals surface area contributed by atoms with Crippen molar-refractivity contribution in [3.8, 4) is 0 Å². The van der Waals surface area contributed by atoms with E-state index in [1.165, 1.54) is 6.92 Å². The summed E-state index contributed by atoms with van der Waals surface area (Å²) >= 11 is 11.6. The zero-order valence-electron chi connectivity index (χ0n) is 8.78. The van der Waals surface area contributed by atoms with Crippen LogP contribution in [0.1, 0.15) is 6.92 Å². The zero-order valence-corrected chi connectivity index (χ0v) is 11.9. The summed E-state index contributed by atoms with van der Waals surface area (Å²) in [5, 5.41) is 2.38. The second-order valence-electron chi connectivity index (χ2n) is 3.00. The van der Waals surface area contributed by atoms with E-state index in [2.05, 4.69) is 5.32 Å². The summed E-state index contributed by atoms with van der Waals surface area (Å²) in [4.78, 5) is 22.5. The maximum absolute atomic E-state index is 11.7. The van der Waals surface area contributed by atoms with Gasteiger partial charge in [0.05, 0.1) is 0 Å². The molecule has 1 aromatic rings. The molecule has 0 saturated heterocycles. The third kappa shape index (κ3) is 5.21. The second kappa shape index (κ2) is 6.54. The fraction of sp³-hybridized carbons (Fsp3) is 0.200. The Hall–Kier alpha value is -0.360. The van der Waals surface area contributed by atoms with Crippen molar-refractivity contribution in [2.24, 2.45) is 0 Å². The fourth-order valence-electron chi connectivity index (χ4n) is 0.874. The number of hydrogen-bond donors (Lipinski definition) is 1. The van der Waals surface area contributed by atoms with Gasteiger partial charge < -0.3 is 5.32 Å². The van der Waals surface area contributed by atoms with Crippen LogP contribution in [-0.2, 0) is 9.59 Å². The first kappa shape index (κ1) is 14.7. The fourth-order valence-corrected chi connectivity index (χ4v) is 2.78. The summed E-state index contributed by atoms with van der Waals surface area (Å²) < 4.78 is -1.70. The number of hydrogen-bond acceptors (Lipinski definition) is 4. The summed E-state index contributed by atoms with van der Waals surface area (Å²) in [5.41, 5.74) is 0.594. The maximum Gasteiger partial charge on any atom is 0.272 e. The molecule has 92 valence electrons. The highest BCUT2D eigenvalue weighted by Gasteiger charge is 2.35. The van der Waals surface area contributed by atoms with E-state index < -0.39 is 9.57 Å². The molecule has 0 aliphatic heterocycles. The van der Waals surface area contributed by atoms with E-state index in [1.807, 2.05) is 6.07 Å². The number of nitrogens with one attached hydrogen (secondary N) is 1. The molecule has 0 saturated carbocycles. The predicted octanol–water partition coefficient (Wildman–Crippen LogP) is 3.68. The zero-order chi connectivity index (χ0) is 12.9. The standard InChI is InChI=1S/C10H9Cl2NO2S2/c1-7(14)16-17-10(11,12)9(15)13-8-5-3-2-4-6-8/h2-6H,1H3,(H,13,15). The quantitative estimate of drug-likeness (QED) is 0.680. The van der Waals surface area contributed by atoms with Gasteiger partial charge in [-0.25, -0.2) is 0 Å². The van der Waals surface area contributed by atoms with Gasteiger partial charge in [0.2, 0.25) is 0 Å². The van der Waals surface area contributed by atoms with E-state index in [0.29, 0.717) is 5.69 Å². The van der Waals surface area contributed by atoms with Crippen molar-refractivity contribution in [2.75, 3.05) is 5.32 Å². The molecule has 0 bridgehead atoms. The highest BCUT2D eigenvalue weighted by molar-refractivity contribution is 8.83. The minimum Gasteiger partial charge on any atom is -0.323 e. The number of para-hydroxylation sites is 1. The average molecular weight is 310 g/mol. The highest BCUT2D eigenvalue weighted by atomic mass is 35.5. The van der Waals surface area contributed by atoms with Crippen LogP contribution in [0.3, 0.4) is 0 Å². The molecule has 7 heteroatoms.